The van der Waals surface area contributed by atoms with Gasteiger partial charge in [-0.25, -0.2) is 0 Å². The molecule has 28 heavy (non-hydrogen) atoms. The SMILES string of the molecule is CCOCCn1c(=NC(=O)[C@H]2COc3ccccc3O2)sc2cc(C)ccc21. The highest BCUT2D eigenvalue weighted by Crippen LogP contribution is 2.31. The van der Waals surface area contributed by atoms with Crippen LogP contribution in [-0.2, 0) is 16.1 Å². The Labute approximate surface area is 167 Å². The van der Waals surface area contributed by atoms with Gasteiger partial charge in [0.15, 0.2) is 16.3 Å². The van der Waals surface area contributed by atoms with E-state index in [4.69, 9.17) is 14.2 Å². The summed E-state index contributed by atoms with van der Waals surface area (Å²) in [7, 11) is 0. The second-order valence-electron chi connectivity index (χ2n) is 6.52. The summed E-state index contributed by atoms with van der Waals surface area (Å²) in [5, 5.41) is 0. The van der Waals surface area contributed by atoms with Gasteiger partial charge in [0.05, 0.1) is 16.8 Å². The molecule has 0 radical (unpaired) electrons. The topological polar surface area (TPSA) is 62.1 Å². The number of hydrogen-bond donors (Lipinski definition) is 0. The number of fused-ring (bicyclic) bond motifs is 2. The first-order valence-corrected chi connectivity index (χ1v) is 10.1. The Bertz CT molecular complexity index is 1070. The van der Waals surface area contributed by atoms with E-state index < -0.39 is 6.10 Å². The summed E-state index contributed by atoms with van der Waals surface area (Å²) in [6, 6.07) is 13.6. The summed E-state index contributed by atoms with van der Waals surface area (Å²) in [4.78, 5) is 17.8. The molecule has 1 aliphatic rings. The highest BCUT2D eigenvalue weighted by Gasteiger charge is 2.27. The molecular weight excluding hydrogens is 376 g/mol. The average Bonchev–Trinajstić information content (AvgIpc) is 3.04. The molecule has 0 unspecified atom stereocenters. The zero-order valence-corrected chi connectivity index (χ0v) is 16.7. The van der Waals surface area contributed by atoms with Crippen LogP contribution in [0.3, 0.4) is 0 Å². The molecule has 0 saturated carbocycles. The fraction of sp³-hybridized carbons (Fsp3) is 0.333. The third kappa shape index (κ3) is 3.81. The minimum absolute atomic E-state index is 0.155. The Morgan fingerprint density at radius 3 is 2.93 bits per heavy atom. The Hall–Kier alpha value is -2.64. The van der Waals surface area contributed by atoms with Gasteiger partial charge in [0.25, 0.3) is 5.91 Å². The van der Waals surface area contributed by atoms with Gasteiger partial charge in [-0.05, 0) is 43.7 Å². The minimum atomic E-state index is -0.748. The highest BCUT2D eigenvalue weighted by molar-refractivity contribution is 7.16. The molecule has 0 bridgehead atoms. The van der Waals surface area contributed by atoms with Crippen molar-refractivity contribution in [3.63, 3.8) is 0 Å². The van der Waals surface area contributed by atoms with Gasteiger partial charge in [0.1, 0.15) is 6.61 Å². The van der Waals surface area contributed by atoms with Crippen LogP contribution in [0, 0.1) is 6.92 Å². The summed E-state index contributed by atoms with van der Waals surface area (Å²) >= 11 is 1.50. The Balaban J connectivity index is 1.66. The molecule has 0 N–H and O–H groups in total. The van der Waals surface area contributed by atoms with E-state index in [2.05, 4.69) is 30.1 Å². The van der Waals surface area contributed by atoms with Crippen LogP contribution in [0.4, 0.5) is 0 Å². The number of thiazole rings is 1. The van der Waals surface area contributed by atoms with Gasteiger partial charge >= 0.3 is 0 Å². The van der Waals surface area contributed by atoms with E-state index in [9.17, 15) is 4.79 Å². The van der Waals surface area contributed by atoms with Crippen LogP contribution in [0.15, 0.2) is 47.5 Å². The first-order chi connectivity index (χ1) is 13.7. The molecule has 3 aromatic rings. The van der Waals surface area contributed by atoms with Crippen molar-refractivity contribution in [1.29, 1.82) is 0 Å². The lowest BCUT2D eigenvalue weighted by Gasteiger charge is -2.23. The van der Waals surface area contributed by atoms with E-state index in [1.54, 1.807) is 6.07 Å². The number of aryl methyl sites for hydroxylation is 1. The molecule has 7 heteroatoms. The van der Waals surface area contributed by atoms with Gasteiger partial charge in [-0.2, -0.15) is 4.99 Å². The van der Waals surface area contributed by atoms with Gasteiger partial charge in [0.2, 0.25) is 6.10 Å². The second kappa shape index (κ2) is 8.16. The lowest BCUT2D eigenvalue weighted by atomic mass is 10.2. The molecule has 1 aliphatic heterocycles. The smallest absolute Gasteiger partial charge is 0.292 e. The van der Waals surface area contributed by atoms with Gasteiger partial charge < -0.3 is 18.8 Å². The predicted octanol–water partition coefficient (Wildman–Crippen LogP) is 3.32. The van der Waals surface area contributed by atoms with E-state index in [0.717, 1.165) is 10.2 Å². The summed E-state index contributed by atoms with van der Waals surface area (Å²) < 4.78 is 20.1. The standard InChI is InChI=1S/C21H22N2O4S/c1-3-25-11-10-23-15-9-8-14(2)12-19(15)28-21(23)22-20(24)18-13-26-16-6-4-5-7-17(16)27-18/h4-9,12,18H,3,10-11,13H2,1-2H3/t18-/m1/s1. The first-order valence-electron chi connectivity index (χ1n) is 9.30. The first kappa shape index (κ1) is 18.7. The molecule has 0 fully saturated rings. The van der Waals surface area contributed by atoms with Crippen LogP contribution in [0.1, 0.15) is 12.5 Å². The van der Waals surface area contributed by atoms with Crippen LogP contribution in [0.25, 0.3) is 10.2 Å². The molecule has 6 nitrogen and oxygen atoms in total. The Morgan fingerprint density at radius 2 is 2.11 bits per heavy atom. The van der Waals surface area contributed by atoms with Crippen molar-refractivity contribution in [2.45, 2.75) is 26.5 Å². The van der Waals surface area contributed by atoms with Crippen molar-refractivity contribution in [2.75, 3.05) is 19.8 Å². The zero-order valence-electron chi connectivity index (χ0n) is 15.9. The molecule has 0 saturated heterocycles. The number of carbonyl (C=O) groups is 1. The van der Waals surface area contributed by atoms with E-state index in [-0.39, 0.29) is 12.5 Å². The van der Waals surface area contributed by atoms with Gasteiger partial charge in [-0.3, -0.25) is 4.79 Å². The molecule has 1 amide bonds. The van der Waals surface area contributed by atoms with Gasteiger partial charge in [0, 0.05) is 13.2 Å². The normalized spacial score (nSPS) is 16.5. The number of rotatable bonds is 5. The van der Waals surface area contributed by atoms with Crippen LogP contribution in [-0.4, -0.2) is 36.4 Å². The number of nitrogens with zero attached hydrogens (tertiary/aromatic N) is 2. The lowest BCUT2D eigenvalue weighted by molar-refractivity contribution is -0.127. The fourth-order valence-corrected chi connectivity index (χ4v) is 4.25. The third-order valence-electron chi connectivity index (χ3n) is 4.49. The monoisotopic (exact) mass is 398 g/mol. The van der Waals surface area contributed by atoms with Crippen molar-refractivity contribution >= 4 is 27.5 Å². The molecular formula is C21H22N2O4S. The Morgan fingerprint density at radius 1 is 1.29 bits per heavy atom. The van der Waals surface area contributed by atoms with Crippen molar-refractivity contribution < 1.29 is 19.0 Å². The molecule has 0 spiro atoms. The molecule has 4 rings (SSSR count). The summed E-state index contributed by atoms with van der Waals surface area (Å²) in [6.07, 6.45) is -0.748. The molecule has 1 aromatic heterocycles. The predicted molar refractivity (Wildman–Crippen MR) is 108 cm³/mol. The molecule has 2 aromatic carbocycles. The van der Waals surface area contributed by atoms with Crippen molar-refractivity contribution in [2.24, 2.45) is 4.99 Å². The number of carbonyl (C=O) groups excluding carboxylic acids is 1. The number of benzene rings is 2. The van der Waals surface area contributed by atoms with E-state index >= 15 is 0 Å². The fourth-order valence-electron chi connectivity index (χ4n) is 3.09. The number of ether oxygens (including phenoxy) is 3. The summed E-state index contributed by atoms with van der Waals surface area (Å²) in [6.45, 7) is 6.02. The zero-order chi connectivity index (χ0) is 19.5. The van der Waals surface area contributed by atoms with Crippen molar-refractivity contribution in [3.05, 3.63) is 52.8 Å². The van der Waals surface area contributed by atoms with Crippen LogP contribution in [0.5, 0.6) is 11.5 Å². The number of aromatic nitrogens is 1. The minimum Gasteiger partial charge on any atom is -0.485 e. The van der Waals surface area contributed by atoms with E-state index in [1.165, 1.54) is 16.9 Å². The maximum Gasteiger partial charge on any atom is 0.292 e. The summed E-state index contributed by atoms with van der Waals surface area (Å²) in [5.41, 5.74) is 2.22. The molecule has 1 atom stereocenters. The Kier molecular flexibility index (Phi) is 5.45. The highest BCUT2D eigenvalue weighted by atomic mass is 32.1. The largest absolute Gasteiger partial charge is 0.485 e. The van der Waals surface area contributed by atoms with Gasteiger partial charge in [-0.15, -0.1) is 0 Å². The maximum atomic E-state index is 12.8. The quantitative estimate of drug-likeness (QED) is 0.619. The molecule has 146 valence electrons. The molecule has 2 heterocycles. The van der Waals surface area contributed by atoms with Crippen molar-refractivity contribution in [3.8, 4) is 11.5 Å². The van der Waals surface area contributed by atoms with Crippen LogP contribution >= 0.6 is 11.3 Å². The molecule has 0 aliphatic carbocycles. The maximum absolute atomic E-state index is 12.8. The van der Waals surface area contributed by atoms with E-state index in [1.807, 2.05) is 29.7 Å². The number of amides is 1. The number of hydrogen-bond acceptors (Lipinski definition) is 5. The van der Waals surface area contributed by atoms with Crippen molar-refractivity contribution in [1.82, 2.24) is 4.57 Å². The average molecular weight is 398 g/mol. The number of para-hydroxylation sites is 2. The van der Waals surface area contributed by atoms with Crippen LogP contribution in [0.2, 0.25) is 0 Å². The lowest BCUT2D eigenvalue weighted by Crippen LogP contribution is -2.37. The van der Waals surface area contributed by atoms with Gasteiger partial charge in [-0.1, -0.05) is 29.5 Å². The van der Waals surface area contributed by atoms with E-state index in [0.29, 0.717) is 36.1 Å². The van der Waals surface area contributed by atoms with Crippen LogP contribution < -0.4 is 14.3 Å². The summed E-state index contributed by atoms with van der Waals surface area (Å²) in [5.74, 6) is 0.872. The second-order valence-corrected chi connectivity index (χ2v) is 7.53. The third-order valence-corrected chi connectivity index (χ3v) is 5.53.